The van der Waals surface area contributed by atoms with Crippen LogP contribution in [0.5, 0.6) is 0 Å². The summed E-state index contributed by atoms with van der Waals surface area (Å²) in [5, 5.41) is 3.33. The maximum absolute atomic E-state index is 12.5. The molecule has 21 heavy (non-hydrogen) atoms. The van der Waals surface area contributed by atoms with Gasteiger partial charge in [0.05, 0.1) is 4.90 Å². The van der Waals surface area contributed by atoms with Gasteiger partial charge >= 0.3 is 5.76 Å². The summed E-state index contributed by atoms with van der Waals surface area (Å²) in [6.45, 7) is 0.607. The number of rotatable bonds is 5. The number of hydrogen-bond donors (Lipinski definition) is 2. The molecule has 0 spiro atoms. The second-order valence-electron chi connectivity index (χ2n) is 5.36. The van der Waals surface area contributed by atoms with Crippen LogP contribution in [0.4, 0.5) is 14.5 Å². The van der Waals surface area contributed by atoms with Crippen molar-refractivity contribution in [2.45, 2.75) is 42.4 Å². The van der Waals surface area contributed by atoms with E-state index >= 15 is 0 Å². The van der Waals surface area contributed by atoms with E-state index in [-0.39, 0.29) is 10.9 Å². The maximum Gasteiger partial charge on any atom is 0.341 e. The van der Waals surface area contributed by atoms with Gasteiger partial charge < -0.3 is 11.1 Å². The van der Waals surface area contributed by atoms with Crippen LogP contribution < -0.4 is 11.1 Å². The van der Waals surface area contributed by atoms with E-state index in [2.05, 4.69) is 5.32 Å². The molecule has 2 rings (SSSR count). The van der Waals surface area contributed by atoms with Crippen LogP contribution in [0.1, 0.15) is 25.7 Å². The van der Waals surface area contributed by atoms with Crippen molar-refractivity contribution in [3.63, 3.8) is 0 Å². The van der Waals surface area contributed by atoms with Crippen LogP contribution in [-0.4, -0.2) is 26.8 Å². The largest absolute Gasteiger partial charge is 0.382 e. The molecule has 0 bridgehead atoms. The summed E-state index contributed by atoms with van der Waals surface area (Å²) >= 11 is 0. The number of benzene rings is 1. The first-order chi connectivity index (χ1) is 9.95. The molecule has 2 unspecified atom stereocenters. The van der Waals surface area contributed by atoms with Crippen LogP contribution >= 0.6 is 0 Å². The van der Waals surface area contributed by atoms with E-state index < -0.39 is 15.6 Å². The monoisotopic (exact) mass is 318 g/mol. The van der Waals surface area contributed by atoms with Crippen molar-refractivity contribution in [3.8, 4) is 0 Å². The molecule has 1 aliphatic rings. The molecule has 3 N–H and O–H groups in total. The molecular weight excluding hydrogens is 298 g/mol. The first-order valence-electron chi connectivity index (χ1n) is 7.04. The Morgan fingerprint density at radius 1 is 1.19 bits per heavy atom. The Bertz CT molecular complexity index is 561. The normalized spacial score (nSPS) is 23.2. The van der Waals surface area contributed by atoms with Gasteiger partial charge in [-0.3, -0.25) is 0 Å². The number of nitrogens with two attached hydrogens (primary N) is 1. The predicted molar refractivity (Wildman–Crippen MR) is 78.1 cm³/mol. The summed E-state index contributed by atoms with van der Waals surface area (Å²) in [5.41, 5.74) is 6.49. The highest BCUT2D eigenvalue weighted by Crippen LogP contribution is 2.27. The number of anilines is 1. The molecule has 1 aromatic carbocycles. The average Bonchev–Trinajstić information content (AvgIpc) is 2.48. The van der Waals surface area contributed by atoms with Crippen molar-refractivity contribution >= 4 is 15.5 Å². The predicted octanol–water partition coefficient (Wildman–Crippen LogP) is 2.61. The van der Waals surface area contributed by atoms with E-state index in [9.17, 15) is 17.2 Å². The molecule has 0 radical (unpaired) electrons. The molecule has 7 heteroatoms. The Morgan fingerprint density at radius 3 is 2.38 bits per heavy atom. The van der Waals surface area contributed by atoms with Gasteiger partial charge in [0.1, 0.15) is 0 Å². The lowest BCUT2D eigenvalue weighted by atomic mass is 9.84. The number of hydrogen-bond acceptors (Lipinski definition) is 4. The molecule has 0 heterocycles. The van der Waals surface area contributed by atoms with Crippen LogP contribution in [0.15, 0.2) is 29.2 Å². The van der Waals surface area contributed by atoms with Crippen molar-refractivity contribution in [2.24, 2.45) is 11.7 Å². The topological polar surface area (TPSA) is 72.2 Å². The minimum atomic E-state index is -4.52. The van der Waals surface area contributed by atoms with Gasteiger partial charge in [0, 0.05) is 11.7 Å². The number of halogens is 2. The zero-order valence-electron chi connectivity index (χ0n) is 11.6. The Kier molecular flexibility index (Phi) is 5.16. The lowest BCUT2D eigenvalue weighted by Gasteiger charge is -2.32. The second-order valence-corrected chi connectivity index (χ2v) is 7.28. The molecule has 1 aliphatic carbocycles. The first kappa shape index (κ1) is 16.2. The van der Waals surface area contributed by atoms with Crippen LogP contribution in [-0.2, 0) is 9.84 Å². The summed E-state index contributed by atoms with van der Waals surface area (Å²) in [4.78, 5) is -0.359. The third-order valence-electron chi connectivity index (χ3n) is 3.98. The lowest BCUT2D eigenvalue weighted by Crippen LogP contribution is -2.36. The van der Waals surface area contributed by atoms with Crippen LogP contribution in [0.3, 0.4) is 0 Å². The SMILES string of the molecule is NCC1CCCCC1Nc1ccc(S(=O)(=O)C(F)F)cc1. The van der Waals surface area contributed by atoms with Gasteiger partial charge in [0.15, 0.2) is 0 Å². The summed E-state index contributed by atoms with van der Waals surface area (Å²) in [7, 11) is -4.52. The first-order valence-corrected chi connectivity index (χ1v) is 8.58. The Hall–Kier alpha value is -1.21. The van der Waals surface area contributed by atoms with Gasteiger partial charge in [0.25, 0.3) is 0 Å². The van der Waals surface area contributed by atoms with Crippen LogP contribution in [0, 0.1) is 5.92 Å². The number of alkyl halides is 2. The van der Waals surface area contributed by atoms with Crippen LogP contribution in [0.25, 0.3) is 0 Å². The zero-order valence-corrected chi connectivity index (χ0v) is 12.5. The Morgan fingerprint density at radius 2 is 1.81 bits per heavy atom. The molecule has 0 saturated heterocycles. The summed E-state index contributed by atoms with van der Waals surface area (Å²) in [6.07, 6.45) is 4.39. The van der Waals surface area contributed by atoms with Gasteiger partial charge in [-0.2, -0.15) is 8.78 Å². The molecule has 0 aromatic heterocycles. The average molecular weight is 318 g/mol. The zero-order chi connectivity index (χ0) is 15.5. The molecule has 1 saturated carbocycles. The fraction of sp³-hybridized carbons (Fsp3) is 0.571. The van der Waals surface area contributed by atoms with Crippen LogP contribution in [0.2, 0.25) is 0 Å². The fourth-order valence-electron chi connectivity index (χ4n) is 2.74. The van der Waals surface area contributed by atoms with Crippen molar-refractivity contribution < 1.29 is 17.2 Å². The highest BCUT2D eigenvalue weighted by Gasteiger charge is 2.27. The lowest BCUT2D eigenvalue weighted by molar-refractivity contribution is 0.234. The Labute approximate surface area is 123 Å². The van der Waals surface area contributed by atoms with E-state index in [4.69, 9.17) is 5.73 Å². The maximum atomic E-state index is 12.5. The second kappa shape index (κ2) is 6.70. The van der Waals surface area contributed by atoms with Crippen molar-refractivity contribution in [1.29, 1.82) is 0 Å². The summed E-state index contributed by atoms with van der Waals surface area (Å²) in [6, 6.07) is 5.73. The van der Waals surface area contributed by atoms with E-state index in [0.29, 0.717) is 12.5 Å². The van der Waals surface area contributed by atoms with Gasteiger partial charge in [-0.15, -0.1) is 0 Å². The van der Waals surface area contributed by atoms with Crippen molar-refractivity contribution in [3.05, 3.63) is 24.3 Å². The minimum Gasteiger partial charge on any atom is -0.382 e. The van der Waals surface area contributed by atoms with E-state index in [1.54, 1.807) is 0 Å². The molecule has 4 nitrogen and oxygen atoms in total. The standard InChI is InChI=1S/C14H20F2N2O2S/c15-14(16)21(19,20)12-7-5-11(6-8-12)18-13-4-2-1-3-10(13)9-17/h5-8,10,13-14,18H,1-4,9,17H2. The van der Waals surface area contributed by atoms with E-state index in [1.165, 1.54) is 30.7 Å². The third-order valence-corrected chi connectivity index (χ3v) is 5.38. The highest BCUT2D eigenvalue weighted by molar-refractivity contribution is 7.91. The molecule has 0 amide bonds. The van der Waals surface area contributed by atoms with Gasteiger partial charge in [-0.05, 0) is 49.6 Å². The molecular formula is C14H20F2N2O2S. The highest BCUT2D eigenvalue weighted by atomic mass is 32.2. The molecule has 2 atom stereocenters. The van der Waals surface area contributed by atoms with Gasteiger partial charge in [-0.25, -0.2) is 8.42 Å². The molecule has 0 aliphatic heterocycles. The molecule has 1 aromatic rings. The van der Waals surface area contributed by atoms with Gasteiger partial charge in [0.2, 0.25) is 9.84 Å². The number of sulfone groups is 1. The molecule has 1 fully saturated rings. The van der Waals surface area contributed by atoms with Crippen molar-refractivity contribution in [1.82, 2.24) is 0 Å². The summed E-state index contributed by atoms with van der Waals surface area (Å²) in [5.74, 6) is -3.00. The van der Waals surface area contributed by atoms with E-state index in [0.717, 1.165) is 24.9 Å². The smallest absolute Gasteiger partial charge is 0.341 e. The third kappa shape index (κ3) is 3.71. The fourth-order valence-corrected chi connectivity index (χ4v) is 3.46. The van der Waals surface area contributed by atoms with E-state index in [1.807, 2.05) is 0 Å². The summed E-state index contributed by atoms with van der Waals surface area (Å²) < 4.78 is 47.6. The van der Waals surface area contributed by atoms with Crippen molar-refractivity contribution in [2.75, 3.05) is 11.9 Å². The minimum absolute atomic E-state index is 0.251. The quantitative estimate of drug-likeness (QED) is 0.875. The molecule has 118 valence electrons. The number of nitrogens with one attached hydrogen (secondary N) is 1. The van der Waals surface area contributed by atoms with Gasteiger partial charge in [-0.1, -0.05) is 12.8 Å². The Balaban J connectivity index is 2.09.